The Labute approximate surface area is 104 Å². The molecule has 0 amide bonds. The van der Waals surface area contributed by atoms with Crippen molar-refractivity contribution in [2.45, 2.75) is 5.66 Å². The molecule has 0 aliphatic heterocycles. The molecule has 0 bridgehead atoms. The summed E-state index contributed by atoms with van der Waals surface area (Å²) in [6, 6.07) is 7.84. The molecule has 1 unspecified atom stereocenters. The third-order valence-corrected chi connectivity index (χ3v) is 3.48. The topological polar surface area (TPSA) is 74.8 Å². The zero-order valence-corrected chi connectivity index (χ0v) is 10.4. The number of nitrogens with zero attached hydrogens (tertiary/aromatic N) is 1. The first kappa shape index (κ1) is 13.1. The van der Waals surface area contributed by atoms with E-state index in [0.717, 1.165) is 10.2 Å². The van der Waals surface area contributed by atoms with Crippen molar-refractivity contribution in [2.75, 3.05) is 7.05 Å². The molecule has 0 aliphatic carbocycles. The van der Waals surface area contributed by atoms with Crippen LogP contribution in [0.2, 0.25) is 0 Å². The van der Waals surface area contributed by atoms with Crippen molar-refractivity contribution >= 4 is 40.2 Å². The van der Waals surface area contributed by atoms with E-state index in [1.165, 1.54) is 17.6 Å². The van der Waals surface area contributed by atoms with Gasteiger partial charge in [-0.3, -0.25) is 5.32 Å². The predicted molar refractivity (Wildman–Crippen MR) is 70.6 cm³/mol. The molecule has 0 saturated carbocycles. The van der Waals surface area contributed by atoms with Crippen LogP contribution in [0.15, 0.2) is 24.3 Å². The van der Waals surface area contributed by atoms with Crippen LogP contribution in [-0.4, -0.2) is 18.2 Å². The van der Waals surface area contributed by atoms with Crippen molar-refractivity contribution in [2.24, 2.45) is 5.73 Å². The highest BCUT2D eigenvalue weighted by molar-refractivity contribution is 7.18. The number of para-hydroxylation sites is 1. The molecule has 1 aromatic carbocycles. The normalized spacial score (nSPS) is 14.1. The fourth-order valence-electron chi connectivity index (χ4n) is 1.29. The average molecular weight is 257 g/mol. The van der Waals surface area contributed by atoms with Crippen molar-refractivity contribution in [3.8, 4) is 0 Å². The summed E-state index contributed by atoms with van der Waals surface area (Å²) >= 11 is 1.50. The van der Waals surface area contributed by atoms with Crippen LogP contribution in [0.25, 0.3) is 10.2 Å². The molecule has 0 saturated heterocycles. The molecular formula is C10H13ClN4S. The molecule has 0 aliphatic rings. The van der Waals surface area contributed by atoms with Gasteiger partial charge in [0.25, 0.3) is 0 Å². The van der Waals surface area contributed by atoms with E-state index in [9.17, 15) is 0 Å². The Kier molecular flexibility index (Phi) is 3.98. The molecule has 16 heavy (non-hydrogen) atoms. The zero-order valence-electron chi connectivity index (χ0n) is 8.73. The van der Waals surface area contributed by atoms with E-state index in [-0.39, 0.29) is 12.4 Å². The molecule has 4 nitrogen and oxygen atoms in total. The molecule has 2 aromatic rings. The molecule has 1 atom stereocenters. The number of thiazole rings is 1. The van der Waals surface area contributed by atoms with Gasteiger partial charge in [0.05, 0.1) is 10.2 Å². The van der Waals surface area contributed by atoms with E-state index in [0.29, 0.717) is 5.01 Å². The van der Waals surface area contributed by atoms with Gasteiger partial charge in [-0.2, -0.15) is 0 Å². The number of benzene rings is 1. The summed E-state index contributed by atoms with van der Waals surface area (Å²) in [5.41, 5.74) is 5.94. The van der Waals surface area contributed by atoms with Gasteiger partial charge in [-0.05, 0) is 19.2 Å². The second-order valence-electron chi connectivity index (χ2n) is 3.25. The van der Waals surface area contributed by atoms with Gasteiger partial charge in [-0.25, -0.2) is 4.98 Å². The smallest absolute Gasteiger partial charge is 0.155 e. The Morgan fingerprint density at radius 3 is 2.75 bits per heavy atom. The summed E-state index contributed by atoms with van der Waals surface area (Å²) in [5, 5.41) is 10.9. The molecule has 86 valence electrons. The zero-order chi connectivity index (χ0) is 10.9. The van der Waals surface area contributed by atoms with Gasteiger partial charge in [0.1, 0.15) is 5.01 Å². The first-order chi connectivity index (χ1) is 7.19. The van der Waals surface area contributed by atoms with Gasteiger partial charge in [0, 0.05) is 6.21 Å². The van der Waals surface area contributed by atoms with Crippen LogP contribution in [0.3, 0.4) is 0 Å². The summed E-state index contributed by atoms with van der Waals surface area (Å²) in [6.45, 7) is 0. The Morgan fingerprint density at radius 2 is 2.19 bits per heavy atom. The summed E-state index contributed by atoms with van der Waals surface area (Å²) in [5.74, 6) is 0. The highest BCUT2D eigenvalue weighted by Crippen LogP contribution is 2.26. The van der Waals surface area contributed by atoms with Crippen LogP contribution in [0.4, 0.5) is 0 Å². The average Bonchev–Trinajstić information content (AvgIpc) is 2.72. The van der Waals surface area contributed by atoms with E-state index in [4.69, 9.17) is 11.1 Å². The minimum atomic E-state index is -0.955. The molecule has 6 heteroatoms. The van der Waals surface area contributed by atoms with Crippen LogP contribution in [0, 0.1) is 5.41 Å². The molecule has 2 rings (SSSR count). The van der Waals surface area contributed by atoms with Crippen molar-refractivity contribution in [1.82, 2.24) is 10.3 Å². The number of aromatic nitrogens is 1. The van der Waals surface area contributed by atoms with Crippen LogP contribution in [0.5, 0.6) is 0 Å². The maximum absolute atomic E-state index is 7.32. The third-order valence-electron chi connectivity index (χ3n) is 2.29. The van der Waals surface area contributed by atoms with Gasteiger partial charge >= 0.3 is 0 Å². The third kappa shape index (κ3) is 2.08. The Balaban J connectivity index is 0.00000128. The second-order valence-corrected chi connectivity index (χ2v) is 4.28. The van der Waals surface area contributed by atoms with Crippen LogP contribution in [-0.2, 0) is 5.66 Å². The Morgan fingerprint density at radius 1 is 1.50 bits per heavy atom. The largest absolute Gasteiger partial charge is 0.309 e. The second kappa shape index (κ2) is 4.88. The number of hydrogen-bond acceptors (Lipinski definition) is 5. The fourth-order valence-corrected chi connectivity index (χ4v) is 2.34. The van der Waals surface area contributed by atoms with Crippen molar-refractivity contribution < 1.29 is 0 Å². The SMILES string of the molecule is CNC(N)(C=N)c1nc2ccccc2s1.Cl. The van der Waals surface area contributed by atoms with Gasteiger partial charge in [0.15, 0.2) is 5.66 Å². The maximum Gasteiger partial charge on any atom is 0.155 e. The fraction of sp³-hybridized carbons (Fsp3) is 0.200. The minimum absolute atomic E-state index is 0. The molecule has 0 spiro atoms. The van der Waals surface area contributed by atoms with Gasteiger partial charge in [-0.1, -0.05) is 12.1 Å². The monoisotopic (exact) mass is 256 g/mol. The Hall–Kier alpha value is -1.01. The molecule has 0 radical (unpaired) electrons. The van der Waals surface area contributed by atoms with Gasteiger partial charge in [0.2, 0.25) is 0 Å². The summed E-state index contributed by atoms with van der Waals surface area (Å²) < 4.78 is 1.08. The number of hydrogen-bond donors (Lipinski definition) is 3. The van der Waals surface area contributed by atoms with Crippen molar-refractivity contribution in [3.05, 3.63) is 29.3 Å². The quantitative estimate of drug-likeness (QED) is 0.578. The first-order valence-electron chi connectivity index (χ1n) is 4.55. The maximum atomic E-state index is 7.32. The summed E-state index contributed by atoms with van der Waals surface area (Å²) in [4.78, 5) is 4.41. The van der Waals surface area contributed by atoms with Crippen molar-refractivity contribution in [3.63, 3.8) is 0 Å². The number of fused-ring (bicyclic) bond motifs is 1. The summed E-state index contributed by atoms with van der Waals surface area (Å²) in [6.07, 6.45) is 1.17. The molecular weight excluding hydrogens is 244 g/mol. The van der Waals surface area contributed by atoms with Crippen LogP contribution < -0.4 is 11.1 Å². The lowest BCUT2D eigenvalue weighted by Crippen LogP contribution is -2.49. The highest BCUT2D eigenvalue weighted by atomic mass is 35.5. The van der Waals surface area contributed by atoms with Crippen LogP contribution in [0.1, 0.15) is 5.01 Å². The van der Waals surface area contributed by atoms with E-state index < -0.39 is 5.66 Å². The first-order valence-corrected chi connectivity index (χ1v) is 5.37. The molecule has 1 aromatic heterocycles. The lowest BCUT2D eigenvalue weighted by Gasteiger charge is -2.20. The summed E-state index contributed by atoms with van der Waals surface area (Å²) in [7, 11) is 1.72. The number of nitrogens with two attached hydrogens (primary N) is 1. The van der Waals surface area contributed by atoms with E-state index in [1.54, 1.807) is 7.05 Å². The number of rotatable bonds is 3. The minimum Gasteiger partial charge on any atom is -0.309 e. The van der Waals surface area contributed by atoms with E-state index >= 15 is 0 Å². The lowest BCUT2D eigenvalue weighted by atomic mass is 10.2. The molecule has 4 N–H and O–H groups in total. The van der Waals surface area contributed by atoms with E-state index in [1.807, 2.05) is 24.3 Å². The van der Waals surface area contributed by atoms with Gasteiger partial charge in [-0.15, -0.1) is 23.7 Å². The van der Waals surface area contributed by atoms with E-state index in [2.05, 4.69) is 10.3 Å². The molecule has 1 heterocycles. The number of halogens is 1. The predicted octanol–water partition coefficient (Wildman–Crippen LogP) is 1.70. The highest BCUT2D eigenvalue weighted by Gasteiger charge is 2.26. The lowest BCUT2D eigenvalue weighted by molar-refractivity contribution is 0.520. The Bertz CT molecular complexity index is 465. The standard InChI is InChI=1S/C10H12N4S.ClH/c1-13-10(12,6-11)9-14-7-4-2-3-5-8(7)15-9;/h2-6,11,13H,12H2,1H3;1H. The van der Waals surface area contributed by atoms with Gasteiger partial charge < -0.3 is 11.1 Å². The van der Waals surface area contributed by atoms with Crippen LogP contribution >= 0.6 is 23.7 Å². The van der Waals surface area contributed by atoms with Crippen molar-refractivity contribution in [1.29, 1.82) is 5.41 Å². The number of nitrogens with one attached hydrogen (secondary N) is 2. The molecule has 0 fully saturated rings.